The van der Waals surface area contributed by atoms with E-state index >= 15 is 0 Å². The zero-order valence-electron chi connectivity index (χ0n) is 13.2. The predicted molar refractivity (Wildman–Crippen MR) is 85.8 cm³/mol. The van der Waals surface area contributed by atoms with E-state index in [1.807, 2.05) is 27.0 Å². The van der Waals surface area contributed by atoms with Gasteiger partial charge in [-0.15, -0.1) is 0 Å². The van der Waals surface area contributed by atoms with Crippen LogP contribution in [0.25, 0.3) is 0 Å². The van der Waals surface area contributed by atoms with Gasteiger partial charge in [0, 0.05) is 18.6 Å². The molecule has 1 unspecified atom stereocenters. The Kier molecular flexibility index (Phi) is 4.60. The summed E-state index contributed by atoms with van der Waals surface area (Å²) in [6.45, 7) is 6.10. The van der Waals surface area contributed by atoms with Crippen molar-refractivity contribution in [2.45, 2.75) is 50.6 Å². The Balaban J connectivity index is 2.13. The van der Waals surface area contributed by atoms with Crippen molar-refractivity contribution in [1.29, 1.82) is 0 Å². The van der Waals surface area contributed by atoms with Gasteiger partial charge in [0.2, 0.25) is 10.0 Å². The number of anilines is 1. The quantitative estimate of drug-likeness (QED) is 0.783. The van der Waals surface area contributed by atoms with Crippen molar-refractivity contribution in [3.8, 4) is 0 Å². The van der Waals surface area contributed by atoms with Gasteiger partial charge in [-0.25, -0.2) is 13.1 Å². The fraction of sp³-hybridized carbons (Fsp3) is 0.600. The second kappa shape index (κ2) is 5.94. The van der Waals surface area contributed by atoms with Crippen molar-refractivity contribution < 1.29 is 8.42 Å². The maximum absolute atomic E-state index is 12.5. The normalized spacial score (nSPS) is 17.2. The number of nitrogens with two attached hydrogens (primary N) is 1. The highest BCUT2D eigenvalue weighted by Crippen LogP contribution is 2.27. The van der Waals surface area contributed by atoms with Gasteiger partial charge in [0.05, 0.1) is 5.69 Å². The molecule has 1 fully saturated rings. The van der Waals surface area contributed by atoms with Crippen molar-refractivity contribution in [2.75, 3.05) is 19.3 Å². The van der Waals surface area contributed by atoms with Gasteiger partial charge < -0.3 is 5.73 Å². The van der Waals surface area contributed by atoms with E-state index in [1.165, 1.54) is 12.8 Å². The smallest absolute Gasteiger partial charge is 0.242 e. The molecule has 1 aliphatic carbocycles. The first-order chi connectivity index (χ1) is 9.74. The summed E-state index contributed by atoms with van der Waals surface area (Å²) >= 11 is 0. The topological polar surface area (TPSA) is 75.4 Å². The number of benzene rings is 1. The van der Waals surface area contributed by atoms with Crippen LogP contribution in [-0.2, 0) is 10.0 Å². The van der Waals surface area contributed by atoms with Crippen LogP contribution in [0.5, 0.6) is 0 Å². The number of rotatable bonds is 6. The van der Waals surface area contributed by atoms with Gasteiger partial charge in [-0.3, -0.25) is 4.90 Å². The van der Waals surface area contributed by atoms with E-state index in [0.717, 1.165) is 5.56 Å². The Morgan fingerprint density at radius 1 is 1.38 bits per heavy atom. The third-order valence-electron chi connectivity index (χ3n) is 4.36. The van der Waals surface area contributed by atoms with Crippen LogP contribution in [0.3, 0.4) is 0 Å². The van der Waals surface area contributed by atoms with Gasteiger partial charge >= 0.3 is 0 Å². The molecule has 1 aromatic rings. The number of nitrogens with one attached hydrogen (secondary N) is 1. The molecule has 0 amide bonds. The van der Waals surface area contributed by atoms with Gasteiger partial charge in [-0.1, -0.05) is 6.07 Å². The highest BCUT2D eigenvalue weighted by molar-refractivity contribution is 7.89. The van der Waals surface area contributed by atoms with E-state index in [4.69, 9.17) is 5.73 Å². The Bertz CT molecular complexity index is 624. The zero-order chi connectivity index (χ0) is 15.8. The number of likely N-dealkylation sites (N-methyl/N-ethyl adjacent to an activating group) is 1. The van der Waals surface area contributed by atoms with E-state index in [-0.39, 0.29) is 10.9 Å². The van der Waals surface area contributed by atoms with E-state index in [0.29, 0.717) is 23.8 Å². The highest BCUT2D eigenvalue weighted by Gasteiger charge is 2.30. The summed E-state index contributed by atoms with van der Waals surface area (Å²) in [5, 5.41) is 0. The standard InChI is InChI=1S/C15H25N3O2S/c1-10-5-8-14(16)15(12(10)3)21(19,20)17-9-11(2)18(4)13-6-7-13/h5,8,11,13,17H,6-7,9,16H2,1-4H3. The van der Waals surface area contributed by atoms with Crippen molar-refractivity contribution in [1.82, 2.24) is 9.62 Å². The molecule has 1 atom stereocenters. The summed E-state index contributed by atoms with van der Waals surface area (Å²) in [5.41, 5.74) is 7.81. The summed E-state index contributed by atoms with van der Waals surface area (Å²) < 4.78 is 27.8. The van der Waals surface area contributed by atoms with Crippen LogP contribution >= 0.6 is 0 Å². The molecule has 1 saturated carbocycles. The molecule has 3 N–H and O–H groups in total. The van der Waals surface area contributed by atoms with Crippen molar-refractivity contribution in [3.63, 3.8) is 0 Å². The summed E-state index contributed by atoms with van der Waals surface area (Å²) in [7, 11) is -1.54. The lowest BCUT2D eigenvalue weighted by Crippen LogP contribution is -2.41. The fourth-order valence-electron chi connectivity index (χ4n) is 2.46. The molecule has 0 saturated heterocycles. The van der Waals surface area contributed by atoms with Crippen molar-refractivity contribution >= 4 is 15.7 Å². The van der Waals surface area contributed by atoms with Gasteiger partial charge in [0.15, 0.2) is 0 Å². The Morgan fingerprint density at radius 3 is 2.57 bits per heavy atom. The van der Waals surface area contributed by atoms with Crippen LogP contribution in [0.1, 0.15) is 30.9 Å². The minimum atomic E-state index is -3.58. The lowest BCUT2D eigenvalue weighted by Gasteiger charge is -2.25. The summed E-state index contributed by atoms with van der Waals surface area (Å²) in [6.07, 6.45) is 2.41. The molecule has 0 radical (unpaired) electrons. The molecule has 0 heterocycles. The van der Waals surface area contributed by atoms with E-state index in [1.54, 1.807) is 13.0 Å². The number of nitrogen functional groups attached to an aromatic ring is 1. The third-order valence-corrected chi connectivity index (χ3v) is 5.99. The second-order valence-corrected chi connectivity index (χ2v) is 7.73. The number of nitrogens with zero attached hydrogens (tertiary/aromatic N) is 1. The van der Waals surface area contributed by atoms with Crippen LogP contribution < -0.4 is 10.5 Å². The molecule has 2 rings (SSSR count). The van der Waals surface area contributed by atoms with E-state index in [2.05, 4.69) is 9.62 Å². The number of hydrogen-bond acceptors (Lipinski definition) is 4. The predicted octanol–water partition coefficient (Wildman–Crippen LogP) is 1.65. The molecule has 0 aliphatic heterocycles. The first-order valence-corrected chi connectivity index (χ1v) is 8.79. The molecule has 21 heavy (non-hydrogen) atoms. The fourth-order valence-corrected chi connectivity index (χ4v) is 4.00. The van der Waals surface area contributed by atoms with E-state index < -0.39 is 10.0 Å². The number of aryl methyl sites for hydroxylation is 1. The largest absolute Gasteiger partial charge is 0.398 e. The molecule has 0 spiro atoms. The first kappa shape index (κ1) is 16.3. The van der Waals surface area contributed by atoms with Crippen LogP contribution in [0.4, 0.5) is 5.69 Å². The van der Waals surface area contributed by atoms with Crippen LogP contribution in [0.15, 0.2) is 17.0 Å². The molecule has 0 aromatic heterocycles. The first-order valence-electron chi connectivity index (χ1n) is 7.31. The highest BCUT2D eigenvalue weighted by atomic mass is 32.2. The maximum atomic E-state index is 12.5. The van der Waals surface area contributed by atoms with Crippen molar-refractivity contribution in [3.05, 3.63) is 23.3 Å². The summed E-state index contributed by atoms with van der Waals surface area (Å²) in [4.78, 5) is 2.44. The monoisotopic (exact) mass is 311 g/mol. The van der Waals surface area contributed by atoms with Gasteiger partial charge in [-0.2, -0.15) is 0 Å². The van der Waals surface area contributed by atoms with Crippen LogP contribution in [0.2, 0.25) is 0 Å². The van der Waals surface area contributed by atoms with Crippen molar-refractivity contribution in [2.24, 2.45) is 0 Å². The molecule has 1 aromatic carbocycles. The Hall–Kier alpha value is -1.11. The third kappa shape index (κ3) is 3.56. The van der Waals surface area contributed by atoms with E-state index in [9.17, 15) is 8.42 Å². The molecular formula is C15H25N3O2S. The summed E-state index contributed by atoms with van der Waals surface area (Å²) in [5.74, 6) is 0. The lowest BCUT2D eigenvalue weighted by atomic mass is 10.1. The Morgan fingerprint density at radius 2 is 2.00 bits per heavy atom. The minimum absolute atomic E-state index is 0.165. The van der Waals surface area contributed by atoms with Gasteiger partial charge in [0.25, 0.3) is 0 Å². The zero-order valence-corrected chi connectivity index (χ0v) is 14.0. The van der Waals surface area contributed by atoms with Crippen LogP contribution in [-0.4, -0.2) is 39.0 Å². The number of hydrogen-bond donors (Lipinski definition) is 2. The molecule has 6 heteroatoms. The average Bonchev–Trinajstić information content (AvgIpc) is 3.24. The Labute approximate surface area is 127 Å². The van der Waals surface area contributed by atoms with Crippen LogP contribution in [0, 0.1) is 13.8 Å². The second-order valence-electron chi connectivity index (χ2n) is 6.02. The SMILES string of the molecule is Cc1ccc(N)c(S(=O)(=O)NCC(C)N(C)C2CC2)c1C. The average molecular weight is 311 g/mol. The maximum Gasteiger partial charge on any atom is 0.242 e. The molecule has 1 aliphatic rings. The number of sulfonamides is 1. The minimum Gasteiger partial charge on any atom is -0.398 e. The molecule has 5 nitrogen and oxygen atoms in total. The van der Waals surface area contributed by atoms with Gasteiger partial charge in [-0.05, 0) is 57.9 Å². The molecule has 0 bridgehead atoms. The molecule has 118 valence electrons. The summed E-state index contributed by atoms with van der Waals surface area (Å²) in [6, 6.07) is 4.26. The molecular weight excluding hydrogens is 286 g/mol. The van der Waals surface area contributed by atoms with Gasteiger partial charge in [0.1, 0.15) is 4.90 Å². The lowest BCUT2D eigenvalue weighted by molar-refractivity contribution is 0.248.